The van der Waals surface area contributed by atoms with Crippen molar-refractivity contribution in [1.29, 1.82) is 0 Å². The summed E-state index contributed by atoms with van der Waals surface area (Å²) in [5.74, 6) is -0.545. The van der Waals surface area contributed by atoms with Crippen molar-refractivity contribution in [2.75, 3.05) is 5.32 Å². The molecular weight excluding hydrogens is 352 g/mol. The van der Waals surface area contributed by atoms with Gasteiger partial charge in [-0.25, -0.2) is 9.31 Å². The second-order valence-corrected chi connectivity index (χ2v) is 6.07. The lowest BCUT2D eigenvalue weighted by Crippen LogP contribution is -1.98. The highest BCUT2D eigenvalue weighted by atomic mass is 35.5. The Balaban J connectivity index is 1.69. The van der Waals surface area contributed by atoms with Crippen LogP contribution in [0.5, 0.6) is 0 Å². The number of aromatic carboxylic acids is 1. The number of carboxylic acid groups (broad SMARTS) is 1. The van der Waals surface area contributed by atoms with E-state index >= 15 is 0 Å². The molecular formula is C19H13ClN4O2. The summed E-state index contributed by atoms with van der Waals surface area (Å²) < 4.78 is 1.74. The number of anilines is 2. The Bertz CT molecular complexity index is 1110. The topological polar surface area (TPSA) is 79.5 Å². The highest BCUT2D eigenvalue weighted by molar-refractivity contribution is 6.30. The van der Waals surface area contributed by atoms with Crippen molar-refractivity contribution in [2.24, 2.45) is 0 Å². The predicted molar refractivity (Wildman–Crippen MR) is 100 cm³/mol. The van der Waals surface area contributed by atoms with Crippen molar-refractivity contribution >= 4 is 34.9 Å². The quantitative estimate of drug-likeness (QED) is 0.557. The van der Waals surface area contributed by atoms with E-state index in [1.54, 1.807) is 16.6 Å². The number of benzene rings is 2. The Hall–Kier alpha value is -3.38. The van der Waals surface area contributed by atoms with Crippen LogP contribution in [0.15, 0.2) is 66.7 Å². The SMILES string of the molecule is O=C(O)c1ccc(Nc2nc3cccc(-c4cccc(Cl)c4)n3n2)cc1. The molecule has 0 fully saturated rings. The zero-order chi connectivity index (χ0) is 18.1. The van der Waals surface area contributed by atoms with Crippen LogP contribution in [0, 0.1) is 0 Å². The molecule has 0 saturated heterocycles. The zero-order valence-electron chi connectivity index (χ0n) is 13.4. The van der Waals surface area contributed by atoms with E-state index < -0.39 is 5.97 Å². The Morgan fingerprint density at radius 2 is 1.81 bits per heavy atom. The highest BCUT2D eigenvalue weighted by Crippen LogP contribution is 2.24. The second kappa shape index (κ2) is 6.50. The first-order valence-electron chi connectivity index (χ1n) is 7.82. The van der Waals surface area contributed by atoms with Gasteiger partial charge < -0.3 is 10.4 Å². The van der Waals surface area contributed by atoms with Gasteiger partial charge in [0.15, 0.2) is 5.65 Å². The molecule has 0 aliphatic heterocycles. The van der Waals surface area contributed by atoms with E-state index in [0.29, 0.717) is 22.3 Å². The van der Waals surface area contributed by atoms with E-state index in [4.69, 9.17) is 16.7 Å². The molecule has 4 rings (SSSR count). The maximum Gasteiger partial charge on any atom is 0.335 e. The molecule has 128 valence electrons. The van der Waals surface area contributed by atoms with Crippen LogP contribution in [0.3, 0.4) is 0 Å². The van der Waals surface area contributed by atoms with Crippen molar-refractivity contribution in [3.8, 4) is 11.3 Å². The van der Waals surface area contributed by atoms with Gasteiger partial charge in [0.25, 0.3) is 0 Å². The number of carboxylic acids is 1. The molecule has 0 aliphatic rings. The maximum atomic E-state index is 10.9. The van der Waals surface area contributed by atoms with Crippen LogP contribution in [0.1, 0.15) is 10.4 Å². The van der Waals surface area contributed by atoms with E-state index in [-0.39, 0.29) is 5.56 Å². The van der Waals surface area contributed by atoms with Crippen LogP contribution in [0.25, 0.3) is 16.9 Å². The third-order valence-electron chi connectivity index (χ3n) is 3.87. The zero-order valence-corrected chi connectivity index (χ0v) is 14.2. The van der Waals surface area contributed by atoms with Crippen LogP contribution in [0.2, 0.25) is 5.02 Å². The van der Waals surface area contributed by atoms with Gasteiger partial charge in [0.05, 0.1) is 11.3 Å². The fourth-order valence-electron chi connectivity index (χ4n) is 2.65. The Kier molecular flexibility index (Phi) is 4.02. The summed E-state index contributed by atoms with van der Waals surface area (Å²) in [4.78, 5) is 15.4. The number of hydrogen-bond donors (Lipinski definition) is 2. The van der Waals surface area contributed by atoms with Gasteiger partial charge in [0, 0.05) is 16.3 Å². The summed E-state index contributed by atoms with van der Waals surface area (Å²) in [5.41, 5.74) is 3.42. The molecule has 0 atom stereocenters. The molecule has 2 N–H and O–H groups in total. The minimum atomic E-state index is -0.964. The molecule has 26 heavy (non-hydrogen) atoms. The van der Waals surface area contributed by atoms with Crippen molar-refractivity contribution in [2.45, 2.75) is 0 Å². The van der Waals surface area contributed by atoms with E-state index in [2.05, 4.69) is 15.4 Å². The molecule has 0 spiro atoms. The Labute approximate surface area is 153 Å². The van der Waals surface area contributed by atoms with Crippen LogP contribution in [0.4, 0.5) is 11.6 Å². The average Bonchev–Trinajstić information content (AvgIpc) is 3.04. The summed E-state index contributed by atoms with van der Waals surface area (Å²) in [6, 6.07) is 19.6. The summed E-state index contributed by atoms with van der Waals surface area (Å²) >= 11 is 6.09. The van der Waals surface area contributed by atoms with Crippen molar-refractivity contribution in [1.82, 2.24) is 14.6 Å². The highest BCUT2D eigenvalue weighted by Gasteiger charge is 2.10. The summed E-state index contributed by atoms with van der Waals surface area (Å²) in [5, 5.41) is 17.2. The lowest BCUT2D eigenvalue weighted by Gasteiger charge is -2.04. The number of rotatable bonds is 4. The number of hydrogen-bond acceptors (Lipinski definition) is 4. The maximum absolute atomic E-state index is 10.9. The standard InChI is InChI=1S/C19H13ClN4O2/c20-14-4-1-3-13(11-14)16-5-2-6-17-22-19(23-24(16)17)21-15-9-7-12(8-10-15)18(25)26/h1-11H,(H,21,23)(H,25,26). The smallest absolute Gasteiger partial charge is 0.335 e. The number of nitrogens with one attached hydrogen (secondary N) is 1. The van der Waals surface area contributed by atoms with Gasteiger partial charge in [0.2, 0.25) is 5.95 Å². The molecule has 6 nitrogen and oxygen atoms in total. The molecule has 0 amide bonds. The molecule has 2 heterocycles. The van der Waals surface area contributed by atoms with Crippen molar-refractivity contribution in [3.05, 3.63) is 77.3 Å². The number of nitrogens with zero attached hydrogens (tertiary/aromatic N) is 3. The fraction of sp³-hybridized carbons (Fsp3) is 0. The second-order valence-electron chi connectivity index (χ2n) is 5.63. The lowest BCUT2D eigenvalue weighted by atomic mass is 10.1. The Morgan fingerprint density at radius 3 is 2.54 bits per heavy atom. The van der Waals surface area contributed by atoms with Crippen molar-refractivity contribution in [3.63, 3.8) is 0 Å². The number of carbonyl (C=O) groups is 1. The fourth-order valence-corrected chi connectivity index (χ4v) is 2.84. The number of pyridine rings is 1. The van der Waals surface area contributed by atoms with Gasteiger partial charge in [0.1, 0.15) is 0 Å². The normalized spacial score (nSPS) is 10.8. The minimum absolute atomic E-state index is 0.224. The Morgan fingerprint density at radius 1 is 1.04 bits per heavy atom. The first-order valence-corrected chi connectivity index (χ1v) is 8.20. The molecule has 0 saturated carbocycles. The monoisotopic (exact) mass is 364 g/mol. The van der Waals surface area contributed by atoms with Crippen LogP contribution >= 0.6 is 11.6 Å². The average molecular weight is 365 g/mol. The van der Waals surface area contributed by atoms with Crippen LogP contribution < -0.4 is 5.32 Å². The molecule has 2 aromatic heterocycles. The largest absolute Gasteiger partial charge is 0.478 e. The summed E-state index contributed by atoms with van der Waals surface area (Å²) in [6.07, 6.45) is 0. The van der Waals surface area contributed by atoms with Gasteiger partial charge in [-0.15, -0.1) is 5.10 Å². The number of aromatic nitrogens is 3. The van der Waals surface area contributed by atoms with Gasteiger partial charge in [-0.05, 0) is 48.5 Å². The third kappa shape index (κ3) is 3.10. The number of halogens is 1. The molecule has 7 heteroatoms. The summed E-state index contributed by atoms with van der Waals surface area (Å²) in [6.45, 7) is 0. The lowest BCUT2D eigenvalue weighted by molar-refractivity contribution is 0.0697. The number of fused-ring (bicyclic) bond motifs is 1. The minimum Gasteiger partial charge on any atom is -0.478 e. The van der Waals surface area contributed by atoms with Crippen LogP contribution in [-0.2, 0) is 0 Å². The van der Waals surface area contributed by atoms with Gasteiger partial charge in [-0.2, -0.15) is 4.98 Å². The molecule has 0 radical (unpaired) electrons. The molecule has 0 bridgehead atoms. The molecule has 0 unspecified atom stereocenters. The predicted octanol–water partition coefficient (Wildman–Crippen LogP) is 4.49. The van der Waals surface area contributed by atoms with E-state index in [1.165, 1.54) is 12.1 Å². The summed E-state index contributed by atoms with van der Waals surface area (Å²) in [7, 11) is 0. The third-order valence-corrected chi connectivity index (χ3v) is 4.10. The van der Waals surface area contributed by atoms with E-state index in [1.807, 2.05) is 42.5 Å². The first kappa shape index (κ1) is 16.1. The molecule has 0 aliphatic carbocycles. The van der Waals surface area contributed by atoms with Gasteiger partial charge in [-0.1, -0.05) is 29.8 Å². The van der Waals surface area contributed by atoms with Crippen LogP contribution in [-0.4, -0.2) is 25.7 Å². The van der Waals surface area contributed by atoms with Gasteiger partial charge >= 0.3 is 5.97 Å². The van der Waals surface area contributed by atoms with E-state index in [0.717, 1.165) is 11.3 Å². The first-order chi connectivity index (χ1) is 12.6. The van der Waals surface area contributed by atoms with E-state index in [9.17, 15) is 4.79 Å². The molecule has 2 aromatic carbocycles. The van der Waals surface area contributed by atoms with Gasteiger partial charge in [-0.3, -0.25) is 0 Å². The molecule has 4 aromatic rings. The van der Waals surface area contributed by atoms with Crippen molar-refractivity contribution < 1.29 is 9.90 Å².